The van der Waals surface area contributed by atoms with E-state index in [-0.39, 0.29) is 18.4 Å². The highest BCUT2D eigenvalue weighted by Crippen LogP contribution is 2.40. The summed E-state index contributed by atoms with van der Waals surface area (Å²) in [4.78, 5) is 20.9. The number of methoxy groups -OCH3 is 2. The van der Waals surface area contributed by atoms with Crippen molar-refractivity contribution in [3.05, 3.63) is 47.5 Å². The lowest BCUT2D eigenvalue weighted by Gasteiger charge is -2.36. The van der Waals surface area contributed by atoms with Gasteiger partial charge in [-0.05, 0) is 98.0 Å². The van der Waals surface area contributed by atoms with Crippen LogP contribution in [0.4, 0.5) is 0 Å². The number of amides is 1. The molecule has 39 heavy (non-hydrogen) atoms. The number of carbonyl (C=O) groups excluding carboxylic acids is 1. The highest BCUT2D eigenvalue weighted by molar-refractivity contribution is 5.92. The van der Waals surface area contributed by atoms with Gasteiger partial charge in [0.1, 0.15) is 0 Å². The van der Waals surface area contributed by atoms with Crippen molar-refractivity contribution >= 4 is 16.8 Å². The Morgan fingerprint density at radius 2 is 1.79 bits per heavy atom. The molecule has 2 aliphatic rings. The number of aliphatic hydroxyl groups excluding tert-OH is 1. The SMILES string of the molecule is COc1ccc(-c2[nH]c3ccc(C4CCN(CC(=O)N5CCCC(CO)C5)CC4)cc3c2C(C)C)cc1OC. The third kappa shape index (κ3) is 5.80. The zero-order chi connectivity index (χ0) is 27.5. The van der Waals surface area contributed by atoms with Crippen LogP contribution in [0.15, 0.2) is 36.4 Å². The molecular formula is C32H43N3O4. The van der Waals surface area contributed by atoms with Gasteiger partial charge in [0.25, 0.3) is 0 Å². The van der Waals surface area contributed by atoms with Crippen LogP contribution in [-0.2, 0) is 4.79 Å². The number of likely N-dealkylation sites (tertiary alicyclic amines) is 2. The summed E-state index contributed by atoms with van der Waals surface area (Å²) in [5.41, 5.74) is 6.08. The fourth-order valence-electron chi connectivity index (χ4n) is 6.46. The number of H-pyrrole nitrogens is 1. The summed E-state index contributed by atoms with van der Waals surface area (Å²) in [7, 11) is 3.33. The molecule has 1 aromatic heterocycles. The number of fused-ring (bicyclic) bond motifs is 1. The van der Waals surface area contributed by atoms with Gasteiger partial charge in [0.15, 0.2) is 11.5 Å². The Hall–Kier alpha value is -3.03. The Labute approximate surface area is 232 Å². The minimum absolute atomic E-state index is 0.176. The number of nitrogens with zero attached hydrogens (tertiary/aromatic N) is 2. The number of hydrogen-bond donors (Lipinski definition) is 2. The summed E-state index contributed by atoms with van der Waals surface area (Å²) in [5, 5.41) is 10.8. The van der Waals surface area contributed by atoms with Crippen LogP contribution in [0.2, 0.25) is 0 Å². The summed E-state index contributed by atoms with van der Waals surface area (Å²) in [6.45, 7) is 8.57. The number of aromatic amines is 1. The molecule has 5 rings (SSSR count). The number of piperidine rings is 2. The number of hydrogen-bond acceptors (Lipinski definition) is 5. The maximum Gasteiger partial charge on any atom is 0.236 e. The number of aliphatic hydroxyl groups is 1. The maximum absolute atomic E-state index is 12.9. The Kier molecular flexibility index (Phi) is 8.48. The van der Waals surface area contributed by atoms with Gasteiger partial charge in [-0.25, -0.2) is 0 Å². The second-order valence-corrected chi connectivity index (χ2v) is 11.5. The van der Waals surface area contributed by atoms with Gasteiger partial charge in [-0.2, -0.15) is 0 Å². The molecule has 0 bridgehead atoms. The summed E-state index contributed by atoms with van der Waals surface area (Å²) in [6.07, 6.45) is 4.13. The topological polar surface area (TPSA) is 78.0 Å². The molecular weight excluding hydrogens is 490 g/mol. The molecule has 3 aromatic rings. The second-order valence-electron chi connectivity index (χ2n) is 11.5. The van der Waals surface area contributed by atoms with Gasteiger partial charge in [0.05, 0.1) is 26.5 Å². The Bertz CT molecular complexity index is 1290. The molecule has 2 aromatic carbocycles. The molecule has 0 spiro atoms. The summed E-state index contributed by atoms with van der Waals surface area (Å²) < 4.78 is 11.0. The minimum Gasteiger partial charge on any atom is -0.493 e. The lowest BCUT2D eigenvalue weighted by Crippen LogP contribution is -2.47. The molecule has 0 saturated carbocycles. The maximum atomic E-state index is 12.9. The first-order valence-electron chi connectivity index (χ1n) is 14.4. The van der Waals surface area contributed by atoms with Crippen molar-refractivity contribution in [2.75, 3.05) is 53.6 Å². The first-order chi connectivity index (χ1) is 18.9. The predicted molar refractivity (Wildman–Crippen MR) is 156 cm³/mol. The van der Waals surface area contributed by atoms with Crippen LogP contribution in [0.3, 0.4) is 0 Å². The number of rotatable bonds is 8. The highest BCUT2D eigenvalue weighted by Gasteiger charge is 2.27. The van der Waals surface area contributed by atoms with Crippen molar-refractivity contribution in [3.8, 4) is 22.8 Å². The van der Waals surface area contributed by atoms with E-state index in [9.17, 15) is 9.90 Å². The van der Waals surface area contributed by atoms with E-state index in [0.717, 1.165) is 73.6 Å². The molecule has 2 aliphatic heterocycles. The van der Waals surface area contributed by atoms with E-state index in [1.807, 2.05) is 17.0 Å². The van der Waals surface area contributed by atoms with Crippen LogP contribution in [0.5, 0.6) is 11.5 Å². The quantitative estimate of drug-likeness (QED) is 0.406. The molecule has 1 amide bonds. The Morgan fingerprint density at radius 3 is 2.49 bits per heavy atom. The van der Waals surface area contributed by atoms with Gasteiger partial charge >= 0.3 is 0 Å². The third-order valence-corrected chi connectivity index (χ3v) is 8.66. The van der Waals surface area contributed by atoms with Gasteiger partial charge in [0.2, 0.25) is 5.91 Å². The van der Waals surface area contributed by atoms with Gasteiger partial charge in [-0.3, -0.25) is 9.69 Å². The average Bonchev–Trinajstić information content (AvgIpc) is 3.36. The van der Waals surface area contributed by atoms with Crippen molar-refractivity contribution < 1.29 is 19.4 Å². The van der Waals surface area contributed by atoms with Crippen LogP contribution in [0.1, 0.15) is 62.5 Å². The monoisotopic (exact) mass is 533 g/mol. The van der Waals surface area contributed by atoms with E-state index in [2.05, 4.69) is 48.0 Å². The third-order valence-electron chi connectivity index (χ3n) is 8.66. The van der Waals surface area contributed by atoms with Crippen LogP contribution >= 0.6 is 0 Å². The van der Waals surface area contributed by atoms with E-state index < -0.39 is 0 Å². The lowest BCUT2D eigenvalue weighted by molar-refractivity contribution is -0.134. The molecule has 7 heteroatoms. The predicted octanol–water partition coefficient (Wildman–Crippen LogP) is 5.39. The van der Waals surface area contributed by atoms with E-state index in [0.29, 0.717) is 24.9 Å². The van der Waals surface area contributed by atoms with Crippen LogP contribution in [0.25, 0.3) is 22.2 Å². The smallest absolute Gasteiger partial charge is 0.236 e. The van der Waals surface area contributed by atoms with Gasteiger partial charge < -0.3 is 24.5 Å². The van der Waals surface area contributed by atoms with Crippen molar-refractivity contribution in [2.45, 2.75) is 51.4 Å². The fourth-order valence-corrected chi connectivity index (χ4v) is 6.46. The normalized spacial score (nSPS) is 19.1. The molecule has 0 radical (unpaired) electrons. The highest BCUT2D eigenvalue weighted by atomic mass is 16.5. The van der Waals surface area contributed by atoms with Crippen molar-refractivity contribution in [3.63, 3.8) is 0 Å². The van der Waals surface area contributed by atoms with Crippen molar-refractivity contribution in [2.24, 2.45) is 5.92 Å². The van der Waals surface area contributed by atoms with E-state index in [4.69, 9.17) is 9.47 Å². The van der Waals surface area contributed by atoms with Gasteiger partial charge in [-0.1, -0.05) is 19.9 Å². The number of ether oxygens (including phenoxy) is 2. The summed E-state index contributed by atoms with van der Waals surface area (Å²) in [5.74, 6) is 2.75. The zero-order valence-electron chi connectivity index (χ0n) is 23.8. The number of benzene rings is 2. The van der Waals surface area contributed by atoms with E-state index in [1.165, 1.54) is 16.5 Å². The molecule has 7 nitrogen and oxygen atoms in total. The van der Waals surface area contributed by atoms with E-state index in [1.54, 1.807) is 14.2 Å². The molecule has 0 aliphatic carbocycles. The van der Waals surface area contributed by atoms with Crippen LogP contribution in [0, 0.1) is 5.92 Å². The first-order valence-corrected chi connectivity index (χ1v) is 14.4. The molecule has 1 unspecified atom stereocenters. The lowest BCUT2D eigenvalue weighted by atomic mass is 9.87. The number of aromatic nitrogens is 1. The van der Waals surface area contributed by atoms with Crippen LogP contribution in [-0.4, -0.2) is 79.3 Å². The molecule has 2 fully saturated rings. The molecule has 2 saturated heterocycles. The largest absolute Gasteiger partial charge is 0.493 e. The molecule has 3 heterocycles. The van der Waals surface area contributed by atoms with Crippen molar-refractivity contribution in [1.29, 1.82) is 0 Å². The molecule has 2 N–H and O–H groups in total. The Balaban J connectivity index is 1.31. The minimum atomic E-state index is 0.176. The number of carbonyl (C=O) groups is 1. The first kappa shape index (κ1) is 27.5. The summed E-state index contributed by atoms with van der Waals surface area (Å²) >= 11 is 0. The molecule has 210 valence electrons. The standard InChI is InChI=1S/C32H43N3O4/c1-21(2)31-26-16-24(7-9-27(26)33-32(31)25-8-10-28(38-3)29(17-25)39-4)23-11-14-34(15-12-23)19-30(37)35-13-5-6-22(18-35)20-36/h7-10,16-17,21-23,33,36H,5-6,11-15,18-20H2,1-4H3. The number of nitrogens with one attached hydrogen (secondary N) is 1. The second kappa shape index (κ2) is 12.0. The fraction of sp³-hybridized carbons (Fsp3) is 0.531. The molecule has 1 atom stereocenters. The van der Waals surface area contributed by atoms with Crippen molar-refractivity contribution in [1.82, 2.24) is 14.8 Å². The zero-order valence-corrected chi connectivity index (χ0v) is 23.8. The van der Waals surface area contributed by atoms with Crippen LogP contribution < -0.4 is 9.47 Å². The van der Waals surface area contributed by atoms with Gasteiger partial charge in [0, 0.05) is 36.2 Å². The average molecular weight is 534 g/mol. The van der Waals surface area contributed by atoms with E-state index >= 15 is 0 Å². The van der Waals surface area contributed by atoms with Gasteiger partial charge in [-0.15, -0.1) is 0 Å². The Morgan fingerprint density at radius 1 is 1.03 bits per heavy atom. The summed E-state index contributed by atoms with van der Waals surface area (Å²) in [6, 6.07) is 13.0.